The normalized spacial score (nSPS) is 23.3. The van der Waals surface area contributed by atoms with Crippen LogP contribution in [-0.2, 0) is 5.41 Å². The van der Waals surface area contributed by atoms with Gasteiger partial charge in [0.15, 0.2) is 0 Å². The third-order valence-corrected chi connectivity index (χ3v) is 14.1. The maximum atomic E-state index is 6.39. The summed E-state index contributed by atoms with van der Waals surface area (Å²) in [5.41, 5.74) is 15.6. The number of para-hydroxylation sites is 2. The molecule has 14 rings (SSSR count). The molecule has 54 heavy (non-hydrogen) atoms. The standard InChI is InChI=1S/C51H37NO2/c1-4-10-44-38(7-1)39-20-15-32(27-46(39)51(44)34-24-30-23-33(26-34)45(51)25-30)31-13-16-35(17-14-31)52(36-18-21-42-40-8-2-5-11-47(40)53-49(42)28-36)37-19-22-43-41-9-3-6-12-48(41)54-50(43)29-37/h1-22,27-30,33-34,45H,23-26H2. The van der Waals surface area contributed by atoms with Gasteiger partial charge in [-0.1, -0.05) is 84.9 Å². The van der Waals surface area contributed by atoms with Crippen LogP contribution in [-0.4, -0.2) is 0 Å². The summed E-state index contributed by atoms with van der Waals surface area (Å²) in [5, 5.41) is 4.52. The Kier molecular flexibility index (Phi) is 5.74. The maximum absolute atomic E-state index is 6.39. The largest absolute Gasteiger partial charge is 0.456 e. The third-order valence-electron chi connectivity index (χ3n) is 14.1. The van der Waals surface area contributed by atoms with Crippen LogP contribution in [0, 0.1) is 23.7 Å². The Morgan fingerprint density at radius 2 is 1.04 bits per heavy atom. The lowest BCUT2D eigenvalue weighted by molar-refractivity contribution is 0.191. The van der Waals surface area contributed by atoms with Crippen molar-refractivity contribution in [2.45, 2.75) is 31.1 Å². The third kappa shape index (κ3) is 3.82. The first-order valence-corrected chi connectivity index (χ1v) is 19.7. The first-order chi connectivity index (χ1) is 26.7. The van der Waals surface area contributed by atoms with Gasteiger partial charge in [-0.2, -0.15) is 0 Å². The molecule has 4 bridgehead atoms. The number of anilines is 3. The summed E-state index contributed by atoms with van der Waals surface area (Å²) in [6.07, 6.45) is 5.66. The lowest BCUT2D eigenvalue weighted by Gasteiger charge is -2.44. The highest BCUT2D eigenvalue weighted by molar-refractivity contribution is 6.07. The highest BCUT2D eigenvalue weighted by atomic mass is 16.3. The summed E-state index contributed by atoms with van der Waals surface area (Å²) in [5.74, 6) is 3.38. The second-order valence-electron chi connectivity index (χ2n) is 16.5. The molecule has 5 atom stereocenters. The SMILES string of the molecule is c1ccc2c(c1)-c1ccc(-c3ccc(N(c4ccc5c(c4)oc4ccccc45)c4ccc5c(c4)oc4ccccc45)cc3)cc1C21C2CC3CC(C2)C1C3. The first kappa shape index (κ1) is 29.4. The van der Waals surface area contributed by atoms with E-state index in [1.54, 1.807) is 11.1 Å². The molecule has 1 spiro atoms. The monoisotopic (exact) mass is 695 g/mol. The molecule has 2 aromatic heterocycles. The molecule has 258 valence electrons. The minimum atomic E-state index is 0.181. The number of hydrogen-bond donors (Lipinski definition) is 0. The van der Waals surface area contributed by atoms with Gasteiger partial charge in [-0.15, -0.1) is 0 Å². The number of fused-ring (bicyclic) bond motifs is 9. The van der Waals surface area contributed by atoms with E-state index in [-0.39, 0.29) is 5.41 Å². The van der Waals surface area contributed by atoms with E-state index in [0.717, 1.165) is 84.6 Å². The van der Waals surface area contributed by atoms with E-state index >= 15 is 0 Å². The van der Waals surface area contributed by atoms with Gasteiger partial charge in [-0.3, -0.25) is 0 Å². The quantitative estimate of drug-likeness (QED) is 0.184. The molecule has 0 N–H and O–H groups in total. The molecular weight excluding hydrogens is 659 g/mol. The molecule has 0 amide bonds. The highest BCUT2D eigenvalue weighted by Crippen LogP contribution is 2.73. The molecule has 0 aliphatic heterocycles. The van der Waals surface area contributed by atoms with E-state index in [2.05, 4.69) is 132 Å². The summed E-state index contributed by atoms with van der Waals surface area (Å²) >= 11 is 0. The molecule has 4 fully saturated rings. The first-order valence-electron chi connectivity index (χ1n) is 19.7. The predicted octanol–water partition coefficient (Wildman–Crippen LogP) is 14.0. The summed E-state index contributed by atoms with van der Waals surface area (Å²) in [6.45, 7) is 0. The Labute approximate surface area is 313 Å². The smallest absolute Gasteiger partial charge is 0.137 e. The van der Waals surface area contributed by atoms with Gasteiger partial charge < -0.3 is 13.7 Å². The van der Waals surface area contributed by atoms with Crippen LogP contribution in [0.3, 0.4) is 0 Å². The molecule has 0 saturated heterocycles. The van der Waals surface area contributed by atoms with Gasteiger partial charge in [0, 0.05) is 56.2 Å². The van der Waals surface area contributed by atoms with Crippen LogP contribution in [0.2, 0.25) is 0 Å². The van der Waals surface area contributed by atoms with Crippen LogP contribution in [0.1, 0.15) is 36.8 Å². The van der Waals surface area contributed by atoms with E-state index in [9.17, 15) is 0 Å². The number of hydrogen-bond acceptors (Lipinski definition) is 3. The lowest BCUT2D eigenvalue weighted by atomic mass is 9.59. The van der Waals surface area contributed by atoms with Crippen molar-refractivity contribution >= 4 is 60.9 Å². The summed E-state index contributed by atoms with van der Waals surface area (Å²) in [6, 6.07) is 55.6. The predicted molar refractivity (Wildman–Crippen MR) is 220 cm³/mol. The zero-order valence-corrected chi connectivity index (χ0v) is 29.8. The number of rotatable bonds is 4. The Balaban J connectivity index is 0.939. The van der Waals surface area contributed by atoms with Crippen molar-refractivity contribution in [2.75, 3.05) is 4.90 Å². The van der Waals surface area contributed by atoms with Crippen molar-refractivity contribution in [3.63, 3.8) is 0 Å². The molecule has 5 aliphatic rings. The molecule has 3 nitrogen and oxygen atoms in total. The Morgan fingerprint density at radius 1 is 0.444 bits per heavy atom. The topological polar surface area (TPSA) is 29.5 Å². The second kappa shape index (κ2) is 10.5. The fourth-order valence-corrected chi connectivity index (χ4v) is 12.1. The summed E-state index contributed by atoms with van der Waals surface area (Å²) in [7, 11) is 0. The average molecular weight is 696 g/mol. The van der Waals surface area contributed by atoms with Crippen molar-refractivity contribution in [3.8, 4) is 22.3 Å². The molecular formula is C51H37NO2. The van der Waals surface area contributed by atoms with Gasteiger partial charge in [0.25, 0.3) is 0 Å². The molecule has 4 saturated carbocycles. The van der Waals surface area contributed by atoms with E-state index in [1.165, 1.54) is 47.9 Å². The van der Waals surface area contributed by atoms with E-state index in [1.807, 2.05) is 24.3 Å². The Bertz CT molecular complexity index is 2880. The fraction of sp³-hybridized carbons (Fsp3) is 0.176. The van der Waals surface area contributed by atoms with Gasteiger partial charge in [0.1, 0.15) is 22.3 Å². The van der Waals surface area contributed by atoms with Gasteiger partial charge in [-0.05, 0) is 137 Å². The molecule has 5 unspecified atom stereocenters. The van der Waals surface area contributed by atoms with Crippen molar-refractivity contribution in [1.82, 2.24) is 0 Å². The second-order valence-corrected chi connectivity index (χ2v) is 16.5. The van der Waals surface area contributed by atoms with E-state index in [4.69, 9.17) is 8.83 Å². The van der Waals surface area contributed by atoms with Crippen LogP contribution < -0.4 is 4.90 Å². The van der Waals surface area contributed by atoms with E-state index < -0.39 is 0 Å². The fourth-order valence-electron chi connectivity index (χ4n) is 12.1. The molecule has 9 aromatic rings. The average Bonchev–Trinajstić information content (AvgIpc) is 3.98. The minimum Gasteiger partial charge on any atom is -0.456 e. The zero-order chi connectivity index (χ0) is 35.1. The number of benzene rings is 7. The van der Waals surface area contributed by atoms with Gasteiger partial charge in [0.05, 0.1) is 0 Å². The van der Waals surface area contributed by atoms with Gasteiger partial charge >= 0.3 is 0 Å². The summed E-state index contributed by atoms with van der Waals surface area (Å²) in [4.78, 5) is 2.32. The van der Waals surface area contributed by atoms with Crippen LogP contribution in [0.15, 0.2) is 160 Å². The van der Waals surface area contributed by atoms with Crippen molar-refractivity contribution in [3.05, 3.63) is 163 Å². The Hall–Kier alpha value is -6.06. The maximum Gasteiger partial charge on any atom is 0.137 e. The lowest BCUT2D eigenvalue weighted by Crippen LogP contribution is -2.40. The van der Waals surface area contributed by atoms with Crippen molar-refractivity contribution in [2.24, 2.45) is 23.7 Å². The summed E-state index contributed by atoms with van der Waals surface area (Å²) < 4.78 is 12.8. The highest BCUT2D eigenvalue weighted by Gasteiger charge is 2.65. The van der Waals surface area contributed by atoms with Crippen molar-refractivity contribution < 1.29 is 8.83 Å². The van der Waals surface area contributed by atoms with Crippen molar-refractivity contribution in [1.29, 1.82) is 0 Å². The van der Waals surface area contributed by atoms with Gasteiger partial charge in [-0.25, -0.2) is 0 Å². The van der Waals surface area contributed by atoms with Crippen LogP contribution >= 0.6 is 0 Å². The van der Waals surface area contributed by atoms with Crippen LogP contribution in [0.4, 0.5) is 17.1 Å². The van der Waals surface area contributed by atoms with E-state index in [0.29, 0.717) is 0 Å². The molecule has 3 heteroatoms. The van der Waals surface area contributed by atoms with Crippen LogP contribution in [0.5, 0.6) is 0 Å². The molecule has 0 radical (unpaired) electrons. The molecule has 5 aliphatic carbocycles. The zero-order valence-electron chi connectivity index (χ0n) is 29.8. The van der Waals surface area contributed by atoms with Crippen LogP contribution in [0.25, 0.3) is 66.1 Å². The number of furan rings is 2. The number of nitrogens with zero attached hydrogens (tertiary/aromatic N) is 1. The Morgan fingerprint density at radius 3 is 1.74 bits per heavy atom. The molecule has 2 heterocycles. The van der Waals surface area contributed by atoms with Gasteiger partial charge in [0.2, 0.25) is 0 Å². The molecule has 7 aromatic carbocycles. The minimum absolute atomic E-state index is 0.181.